The van der Waals surface area contributed by atoms with Crippen LogP contribution in [0.1, 0.15) is 0 Å². The minimum absolute atomic E-state index is 0.132. The molecule has 1 aliphatic heterocycles. The summed E-state index contributed by atoms with van der Waals surface area (Å²) in [6.07, 6.45) is 2.23. The lowest BCUT2D eigenvalue weighted by atomic mass is 10.1. The summed E-state index contributed by atoms with van der Waals surface area (Å²) in [7, 11) is 0. The molecule has 0 fully saturated rings. The fourth-order valence-electron chi connectivity index (χ4n) is 1.69. The highest BCUT2D eigenvalue weighted by Crippen LogP contribution is 2.13. The third-order valence-electron chi connectivity index (χ3n) is 2.45. The largest absolute Gasteiger partial charge is 0.354 e. The van der Waals surface area contributed by atoms with Gasteiger partial charge in [0.2, 0.25) is 0 Å². The van der Waals surface area contributed by atoms with Crippen LogP contribution >= 0.6 is 20.7 Å². The summed E-state index contributed by atoms with van der Waals surface area (Å²) in [5.74, 6) is 0. The maximum absolute atomic E-state index is 3.47. The lowest BCUT2D eigenvalue weighted by molar-refractivity contribution is 1.32. The van der Waals surface area contributed by atoms with Crippen LogP contribution in [0.15, 0.2) is 36.4 Å². The van der Waals surface area contributed by atoms with Crippen LogP contribution in [0.3, 0.4) is 0 Å². The second-order valence-electron chi connectivity index (χ2n) is 3.45. The third-order valence-corrected chi connectivity index (χ3v) is 4.21. The Kier molecular flexibility index (Phi) is 2.29. The predicted molar refractivity (Wildman–Crippen MR) is 74.5 cm³/mol. The summed E-state index contributed by atoms with van der Waals surface area (Å²) < 4.78 is 4.63. The molecule has 1 aromatic carbocycles. The average molecular weight is 307 g/mol. The van der Waals surface area contributed by atoms with Crippen LogP contribution in [-0.2, 0) is 0 Å². The zero-order valence-electron chi connectivity index (χ0n) is 8.07. The van der Waals surface area contributed by atoms with E-state index in [0.29, 0.717) is 0 Å². The molecule has 15 heavy (non-hydrogen) atoms. The van der Waals surface area contributed by atoms with E-state index in [0.717, 1.165) is 0 Å². The van der Waals surface area contributed by atoms with Crippen LogP contribution in [0.5, 0.6) is 0 Å². The van der Waals surface area contributed by atoms with Gasteiger partial charge in [0.25, 0.3) is 0 Å². The molecule has 1 nitrogen and oxygen atoms in total. The van der Waals surface area contributed by atoms with E-state index < -0.39 is 0 Å². The van der Waals surface area contributed by atoms with Gasteiger partial charge >= 0.3 is 0 Å². The Bertz CT molecular complexity index is 585. The van der Waals surface area contributed by atoms with Gasteiger partial charge in [0.05, 0.1) is 5.35 Å². The van der Waals surface area contributed by atoms with Crippen LogP contribution in [0.4, 0.5) is 0 Å². The molecule has 0 radical (unpaired) electrons. The van der Waals surface area contributed by atoms with Gasteiger partial charge < -0.3 is 4.98 Å². The monoisotopic (exact) mass is 307 g/mol. The number of benzene rings is 1. The van der Waals surface area contributed by atoms with Crippen molar-refractivity contribution in [2.75, 3.05) is 0 Å². The van der Waals surface area contributed by atoms with Crippen LogP contribution in [-0.4, -0.2) is 9.00 Å². The Hall–Kier alpha value is -1.16. The minimum Gasteiger partial charge on any atom is -0.354 e. The van der Waals surface area contributed by atoms with Crippen LogP contribution < -0.4 is 10.6 Å². The van der Waals surface area contributed by atoms with Gasteiger partial charge in [0, 0.05) is 10.9 Å². The highest BCUT2D eigenvalue weighted by Gasteiger charge is 1.99. The molecule has 2 heteroatoms. The van der Waals surface area contributed by atoms with Gasteiger partial charge in [-0.25, -0.2) is 0 Å². The Morgan fingerprint density at radius 3 is 2.73 bits per heavy atom. The van der Waals surface area contributed by atoms with Gasteiger partial charge in [-0.2, -0.15) is 0 Å². The molecule has 0 saturated heterocycles. The van der Waals surface area contributed by atoms with Crippen molar-refractivity contribution in [3.8, 4) is 11.3 Å². The Morgan fingerprint density at radius 1 is 1.07 bits per heavy atom. The van der Waals surface area contributed by atoms with Gasteiger partial charge in [-0.05, 0) is 25.8 Å². The molecule has 0 amide bonds. The van der Waals surface area contributed by atoms with Crippen molar-refractivity contribution >= 4 is 34.9 Å². The fourth-order valence-corrected chi connectivity index (χ4v) is 3.37. The number of H-pyrrole nitrogens is 1. The standard InChI is InChI=1S/C13H10IN/c1-2-4-10(5-3-1)12-8-11-6-7-14-9-13(11)15-12/h1-9,15H. The molecule has 1 aromatic heterocycles. The van der Waals surface area contributed by atoms with E-state index in [-0.39, 0.29) is 20.7 Å². The molecule has 0 atom stereocenters. The second kappa shape index (κ2) is 3.77. The van der Waals surface area contributed by atoms with Crippen molar-refractivity contribution in [3.05, 3.63) is 47.0 Å². The highest BCUT2D eigenvalue weighted by atomic mass is 127. The van der Waals surface area contributed by atoms with E-state index in [9.17, 15) is 0 Å². The number of hydrogen-bond acceptors (Lipinski definition) is 0. The summed E-state index contributed by atoms with van der Waals surface area (Å²) in [5.41, 5.74) is 2.47. The van der Waals surface area contributed by atoms with Gasteiger partial charge in [-0.3, -0.25) is 0 Å². The van der Waals surface area contributed by atoms with Crippen LogP contribution in [0, 0.1) is 0 Å². The number of hydrogen-bond donors (Lipinski definition) is 1. The number of aromatic nitrogens is 1. The Balaban J connectivity index is 2.21. The van der Waals surface area contributed by atoms with E-state index >= 15 is 0 Å². The number of aromatic amines is 1. The molecule has 0 spiro atoms. The molecule has 1 aliphatic rings. The number of nitrogens with one attached hydrogen (secondary N) is 1. The Labute approximate surface area is 97.9 Å². The zero-order valence-corrected chi connectivity index (χ0v) is 10.2. The molecular formula is C13H10IN. The first-order valence-electron chi connectivity index (χ1n) is 4.84. The smallest absolute Gasteiger partial charge is 0.0516 e. The molecule has 0 bridgehead atoms. The summed E-state index contributed by atoms with van der Waals surface area (Å²) in [6, 6.07) is 12.7. The molecule has 2 heterocycles. The average Bonchev–Trinajstić information content (AvgIpc) is 2.74. The summed E-state index contributed by atoms with van der Waals surface area (Å²) in [5, 5.41) is 2.61. The fraction of sp³-hybridized carbons (Fsp3) is 0. The number of rotatable bonds is 1. The van der Waals surface area contributed by atoms with Crippen molar-refractivity contribution in [2.24, 2.45) is 0 Å². The normalized spacial score (nSPS) is 13.3. The molecule has 1 N–H and O–H groups in total. The number of halogens is 1. The maximum Gasteiger partial charge on any atom is 0.0516 e. The van der Waals surface area contributed by atoms with Crippen molar-refractivity contribution in [2.45, 2.75) is 0 Å². The lowest BCUT2D eigenvalue weighted by Gasteiger charge is -1.94. The second-order valence-corrected chi connectivity index (χ2v) is 5.51. The first kappa shape index (κ1) is 9.09. The predicted octanol–water partition coefficient (Wildman–Crippen LogP) is 1.99. The summed E-state index contributed by atoms with van der Waals surface area (Å²) in [4.78, 5) is 3.47. The quantitative estimate of drug-likeness (QED) is 0.776. The van der Waals surface area contributed by atoms with Crippen LogP contribution in [0.25, 0.3) is 21.4 Å². The topological polar surface area (TPSA) is 15.8 Å². The third kappa shape index (κ3) is 1.69. The first-order valence-corrected chi connectivity index (χ1v) is 7.33. The van der Waals surface area contributed by atoms with Crippen molar-refractivity contribution in [1.82, 2.24) is 4.98 Å². The van der Waals surface area contributed by atoms with Gasteiger partial charge in [-0.15, -0.1) is 0 Å². The van der Waals surface area contributed by atoms with Crippen LogP contribution in [0.2, 0.25) is 0 Å². The molecule has 0 aliphatic carbocycles. The summed E-state index contributed by atoms with van der Waals surface area (Å²) >= 11 is 0.132. The maximum atomic E-state index is 3.47. The molecule has 0 unspecified atom stereocenters. The van der Waals surface area contributed by atoms with Gasteiger partial charge in [0.15, 0.2) is 0 Å². The minimum atomic E-state index is 0.132. The van der Waals surface area contributed by atoms with E-state index in [1.807, 2.05) is 6.07 Å². The van der Waals surface area contributed by atoms with Gasteiger partial charge in [0.1, 0.15) is 0 Å². The molecule has 3 rings (SSSR count). The first-order chi connectivity index (χ1) is 7.43. The van der Waals surface area contributed by atoms with Gasteiger partial charge in [-0.1, -0.05) is 51.1 Å². The van der Waals surface area contributed by atoms with Crippen molar-refractivity contribution in [1.29, 1.82) is 0 Å². The number of fused-ring (bicyclic) bond motifs is 1. The lowest BCUT2D eigenvalue weighted by Crippen LogP contribution is -2.22. The molecule has 74 valence electrons. The Morgan fingerprint density at radius 2 is 1.93 bits per heavy atom. The van der Waals surface area contributed by atoms with E-state index in [1.165, 1.54) is 21.8 Å². The van der Waals surface area contributed by atoms with E-state index in [4.69, 9.17) is 0 Å². The van der Waals surface area contributed by atoms with Crippen molar-refractivity contribution in [3.63, 3.8) is 0 Å². The van der Waals surface area contributed by atoms with Crippen molar-refractivity contribution < 1.29 is 0 Å². The highest BCUT2D eigenvalue weighted by molar-refractivity contribution is 14.2. The molecule has 2 aromatic rings. The van der Waals surface area contributed by atoms with E-state index in [1.54, 1.807) is 0 Å². The molecule has 0 saturated carbocycles. The molecular weight excluding hydrogens is 297 g/mol. The zero-order chi connectivity index (χ0) is 10.1. The SMILES string of the molecule is C1=IC=c2[nH]c(-c3ccccc3)cc2=C1. The van der Waals surface area contributed by atoms with E-state index in [2.05, 4.69) is 49.5 Å². The summed E-state index contributed by atoms with van der Waals surface area (Å²) in [6.45, 7) is 0.